The number of aryl methyl sites for hydroxylation is 1. The summed E-state index contributed by atoms with van der Waals surface area (Å²) in [5.74, 6) is 2.67. The van der Waals surface area contributed by atoms with Gasteiger partial charge in [0.15, 0.2) is 0 Å². The molecular formula is C21H30ClNO2. The van der Waals surface area contributed by atoms with Gasteiger partial charge in [-0.05, 0) is 81.9 Å². The molecular weight excluding hydrogens is 334 g/mol. The zero-order valence-electron chi connectivity index (χ0n) is 15.4. The van der Waals surface area contributed by atoms with E-state index in [4.69, 9.17) is 4.74 Å². The molecule has 138 valence electrons. The maximum Gasteiger partial charge on any atom is 0.338 e. The molecule has 0 N–H and O–H groups in total. The Morgan fingerprint density at radius 2 is 1.68 bits per heavy atom. The molecule has 1 aromatic rings. The van der Waals surface area contributed by atoms with Crippen LogP contribution in [0.4, 0.5) is 0 Å². The van der Waals surface area contributed by atoms with Crippen molar-refractivity contribution in [3.8, 4) is 0 Å². The topological polar surface area (TPSA) is 29.5 Å². The first-order valence-corrected chi connectivity index (χ1v) is 9.50. The van der Waals surface area contributed by atoms with E-state index in [2.05, 4.69) is 11.9 Å². The molecule has 4 aliphatic carbocycles. The van der Waals surface area contributed by atoms with E-state index in [0.29, 0.717) is 17.7 Å². The van der Waals surface area contributed by atoms with Crippen LogP contribution >= 0.6 is 12.4 Å². The number of benzene rings is 1. The first-order chi connectivity index (χ1) is 11.6. The van der Waals surface area contributed by atoms with E-state index < -0.39 is 0 Å². The van der Waals surface area contributed by atoms with Gasteiger partial charge < -0.3 is 4.74 Å². The fraction of sp³-hybridized carbons (Fsp3) is 0.667. The molecule has 5 rings (SSSR count). The van der Waals surface area contributed by atoms with Crippen molar-refractivity contribution in [2.75, 3.05) is 20.2 Å². The van der Waals surface area contributed by atoms with Crippen molar-refractivity contribution >= 4 is 18.4 Å². The van der Waals surface area contributed by atoms with Crippen LogP contribution < -0.4 is 0 Å². The second kappa shape index (κ2) is 7.28. The lowest BCUT2D eigenvalue weighted by Crippen LogP contribution is -2.59. The summed E-state index contributed by atoms with van der Waals surface area (Å²) in [7, 11) is 2.24. The number of ether oxygens (including phenoxy) is 1. The zero-order chi connectivity index (χ0) is 16.7. The summed E-state index contributed by atoms with van der Waals surface area (Å²) in [6, 6.07) is 7.65. The monoisotopic (exact) mass is 363 g/mol. The van der Waals surface area contributed by atoms with Crippen LogP contribution in [0.1, 0.15) is 54.4 Å². The number of carbonyl (C=O) groups excluding carboxylic acids is 1. The molecule has 1 aromatic carbocycles. The molecule has 4 saturated carbocycles. The summed E-state index contributed by atoms with van der Waals surface area (Å²) in [5.41, 5.74) is 2.07. The van der Waals surface area contributed by atoms with Gasteiger partial charge in [-0.15, -0.1) is 12.4 Å². The smallest absolute Gasteiger partial charge is 0.338 e. The second-order valence-corrected chi connectivity index (χ2v) is 8.51. The van der Waals surface area contributed by atoms with Crippen LogP contribution in [0.15, 0.2) is 24.3 Å². The van der Waals surface area contributed by atoms with E-state index in [1.807, 2.05) is 31.2 Å². The van der Waals surface area contributed by atoms with Gasteiger partial charge in [0.25, 0.3) is 0 Å². The van der Waals surface area contributed by atoms with Crippen molar-refractivity contribution < 1.29 is 9.53 Å². The average Bonchev–Trinajstić information content (AvgIpc) is 2.53. The third-order valence-electron chi connectivity index (χ3n) is 6.84. The highest BCUT2D eigenvalue weighted by Gasteiger charge is 2.52. The molecule has 0 amide bonds. The first-order valence-electron chi connectivity index (χ1n) is 9.50. The molecule has 0 saturated heterocycles. The fourth-order valence-corrected chi connectivity index (χ4v) is 5.92. The van der Waals surface area contributed by atoms with E-state index in [-0.39, 0.29) is 18.4 Å². The van der Waals surface area contributed by atoms with Crippen LogP contribution in [0.5, 0.6) is 0 Å². The van der Waals surface area contributed by atoms with Crippen LogP contribution in [0.2, 0.25) is 0 Å². The lowest BCUT2D eigenvalue weighted by atomic mass is 9.52. The Morgan fingerprint density at radius 3 is 2.24 bits per heavy atom. The fourth-order valence-electron chi connectivity index (χ4n) is 5.92. The van der Waals surface area contributed by atoms with E-state index >= 15 is 0 Å². The largest absolute Gasteiger partial charge is 0.461 e. The minimum Gasteiger partial charge on any atom is -0.461 e. The molecule has 4 heteroatoms. The van der Waals surface area contributed by atoms with Gasteiger partial charge in [-0.2, -0.15) is 0 Å². The number of rotatable bonds is 5. The molecule has 0 atom stereocenters. The summed E-state index contributed by atoms with van der Waals surface area (Å²) in [6.07, 6.45) is 8.49. The van der Waals surface area contributed by atoms with E-state index in [9.17, 15) is 4.79 Å². The number of esters is 1. The molecule has 4 bridgehead atoms. The van der Waals surface area contributed by atoms with Gasteiger partial charge in [-0.3, -0.25) is 4.90 Å². The van der Waals surface area contributed by atoms with Crippen molar-refractivity contribution in [1.29, 1.82) is 0 Å². The molecule has 3 nitrogen and oxygen atoms in total. The molecule has 0 unspecified atom stereocenters. The Labute approximate surface area is 157 Å². The highest BCUT2D eigenvalue weighted by atomic mass is 35.5. The van der Waals surface area contributed by atoms with Gasteiger partial charge in [-0.25, -0.2) is 4.79 Å². The molecule has 0 spiro atoms. The standard InChI is InChI=1S/C21H29NO2.ClH/c1-15-5-3-4-6-19(15)20(23)24-8-7-22(2)21-12-16-9-17(13-21)11-18(10-16)14-21;/h3-6,16-18H,7-14H2,1-2H3;1H. The molecule has 0 radical (unpaired) electrons. The third kappa shape index (κ3) is 3.59. The maximum atomic E-state index is 12.3. The van der Waals surface area contributed by atoms with Crippen molar-refractivity contribution in [2.24, 2.45) is 17.8 Å². The van der Waals surface area contributed by atoms with Gasteiger partial charge in [-0.1, -0.05) is 18.2 Å². The third-order valence-corrected chi connectivity index (χ3v) is 6.84. The van der Waals surface area contributed by atoms with Crippen molar-refractivity contribution in [2.45, 2.75) is 51.0 Å². The van der Waals surface area contributed by atoms with Gasteiger partial charge in [0.2, 0.25) is 0 Å². The minimum atomic E-state index is -0.188. The van der Waals surface area contributed by atoms with Crippen LogP contribution in [-0.4, -0.2) is 36.6 Å². The SMILES string of the molecule is Cc1ccccc1C(=O)OCCN(C)C12CC3CC(CC(C3)C1)C2.Cl. The molecule has 25 heavy (non-hydrogen) atoms. The minimum absolute atomic E-state index is 0. The van der Waals surface area contributed by atoms with Crippen LogP contribution in [0.3, 0.4) is 0 Å². The Kier molecular flexibility index (Phi) is 5.45. The van der Waals surface area contributed by atoms with E-state index in [1.165, 1.54) is 38.5 Å². The summed E-state index contributed by atoms with van der Waals surface area (Å²) < 4.78 is 5.56. The van der Waals surface area contributed by atoms with Gasteiger partial charge in [0, 0.05) is 12.1 Å². The molecule has 0 heterocycles. The van der Waals surface area contributed by atoms with Gasteiger partial charge >= 0.3 is 5.97 Å². The summed E-state index contributed by atoms with van der Waals surface area (Å²) in [6.45, 7) is 3.30. The summed E-state index contributed by atoms with van der Waals surface area (Å²) in [5, 5.41) is 0. The second-order valence-electron chi connectivity index (χ2n) is 8.51. The number of hydrogen-bond donors (Lipinski definition) is 0. The molecule has 4 fully saturated rings. The van der Waals surface area contributed by atoms with Crippen LogP contribution in [0, 0.1) is 24.7 Å². The van der Waals surface area contributed by atoms with Crippen molar-refractivity contribution in [1.82, 2.24) is 4.90 Å². The predicted octanol–water partition coefficient (Wildman–Crippen LogP) is 4.47. The van der Waals surface area contributed by atoms with Crippen LogP contribution in [-0.2, 0) is 4.74 Å². The average molecular weight is 364 g/mol. The van der Waals surface area contributed by atoms with E-state index in [0.717, 1.165) is 29.9 Å². The number of nitrogens with zero attached hydrogens (tertiary/aromatic N) is 1. The lowest BCUT2D eigenvalue weighted by molar-refractivity contribution is -0.0829. The van der Waals surface area contributed by atoms with Gasteiger partial charge in [0.05, 0.1) is 5.56 Å². The normalized spacial score (nSPS) is 32.5. The number of carbonyl (C=O) groups is 1. The van der Waals surface area contributed by atoms with Crippen LogP contribution in [0.25, 0.3) is 0 Å². The Bertz CT molecular complexity index is 595. The highest BCUT2D eigenvalue weighted by Crippen LogP contribution is 2.57. The number of halogens is 1. The number of likely N-dealkylation sites (N-methyl/N-ethyl adjacent to an activating group) is 1. The molecule has 0 aromatic heterocycles. The zero-order valence-corrected chi connectivity index (χ0v) is 16.2. The summed E-state index contributed by atoms with van der Waals surface area (Å²) in [4.78, 5) is 14.8. The highest BCUT2D eigenvalue weighted by molar-refractivity contribution is 5.90. The quantitative estimate of drug-likeness (QED) is 0.722. The Hall–Kier alpha value is -1.06. The first kappa shape index (κ1) is 18.7. The number of hydrogen-bond acceptors (Lipinski definition) is 3. The van der Waals surface area contributed by atoms with Crippen molar-refractivity contribution in [3.05, 3.63) is 35.4 Å². The van der Waals surface area contributed by atoms with E-state index in [1.54, 1.807) is 0 Å². The molecule has 4 aliphatic rings. The molecule has 0 aliphatic heterocycles. The lowest BCUT2D eigenvalue weighted by Gasteiger charge is -2.60. The maximum absolute atomic E-state index is 12.3. The summed E-state index contributed by atoms with van der Waals surface area (Å²) >= 11 is 0. The van der Waals surface area contributed by atoms with Crippen molar-refractivity contribution in [3.63, 3.8) is 0 Å². The Balaban J connectivity index is 0.00000182. The Morgan fingerprint density at radius 1 is 1.12 bits per heavy atom. The van der Waals surface area contributed by atoms with Gasteiger partial charge in [0.1, 0.15) is 6.61 Å². The predicted molar refractivity (Wildman–Crippen MR) is 102 cm³/mol.